The first-order valence-electron chi connectivity index (χ1n) is 10.6. The molecule has 3 rings (SSSR count). The van der Waals surface area contributed by atoms with Gasteiger partial charge >= 0.3 is 18.4 Å². The molecule has 0 bridgehead atoms. The Labute approximate surface area is 192 Å². The summed E-state index contributed by atoms with van der Waals surface area (Å²) in [4.78, 5) is 11.2. The van der Waals surface area contributed by atoms with Gasteiger partial charge < -0.3 is 21.1 Å². The number of nitrogens with one attached hydrogen (secondary N) is 2. The number of carbonyl (C=O) groups is 1. The Morgan fingerprint density at radius 2 is 1.71 bits per heavy atom. The lowest BCUT2D eigenvalue weighted by molar-refractivity contribution is -0.143. The number of nitrogens with two attached hydrogens (primary N) is 1. The molecule has 4 N–H and O–H groups in total. The molecule has 1 saturated heterocycles. The normalized spacial score (nSPS) is 22.3. The summed E-state index contributed by atoms with van der Waals surface area (Å²) in [5, 5.41) is 5.95. The average Bonchev–Trinajstić information content (AvgIpc) is 2.77. The summed E-state index contributed by atoms with van der Waals surface area (Å²) in [5.74, 6) is 0. The molecule has 186 valence electrons. The van der Waals surface area contributed by atoms with Crippen molar-refractivity contribution in [3.63, 3.8) is 0 Å². The molecule has 0 radical (unpaired) electrons. The maximum atomic E-state index is 13.2. The Kier molecular flexibility index (Phi) is 7.47. The number of rotatable bonds is 6. The van der Waals surface area contributed by atoms with E-state index in [1.165, 1.54) is 6.92 Å². The van der Waals surface area contributed by atoms with Gasteiger partial charge in [-0.3, -0.25) is 0 Å². The summed E-state index contributed by atoms with van der Waals surface area (Å²) in [6.45, 7) is 1.75. The minimum absolute atomic E-state index is 0.0148. The highest BCUT2D eigenvalue weighted by atomic mass is 19.4. The Morgan fingerprint density at radius 1 is 1.12 bits per heavy atom. The van der Waals surface area contributed by atoms with Gasteiger partial charge in [-0.05, 0) is 49.1 Å². The number of halogens is 6. The first-order chi connectivity index (χ1) is 15.8. The second-order valence-electron chi connectivity index (χ2n) is 8.37. The first-order valence-corrected chi connectivity index (χ1v) is 10.6. The fraction of sp³-hybridized carbons (Fsp3) is 0.435. The number of hydrogen-bond donors (Lipinski definition) is 3. The predicted octanol–water partition coefficient (Wildman–Crippen LogP) is 5.12. The van der Waals surface area contributed by atoms with Gasteiger partial charge in [-0.2, -0.15) is 26.3 Å². The standard InChI is InChI=1S/C23H25F6N3O2/c1-14(15-9-17(22(24,25)26)11-18(10-15)23(27,28)29)34-13-21(16-5-3-2-4-6-16)8-7-19(12-31-21)32-20(30)33/h2-6,9-11,14,19,31H,7-8,12-13H2,1H3,(H3,30,32,33)/t14-,19+,21?/m1/s1. The zero-order valence-electron chi connectivity index (χ0n) is 18.3. The molecule has 0 saturated carbocycles. The molecule has 34 heavy (non-hydrogen) atoms. The second-order valence-corrected chi connectivity index (χ2v) is 8.37. The molecule has 1 fully saturated rings. The lowest BCUT2D eigenvalue weighted by Gasteiger charge is -2.42. The summed E-state index contributed by atoms with van der Waals surface area (Å²) in [6, 6.07) is 9.74. The molecule has 1 heterocycles. The van der Waals surface area contributed by atoms with E-state index in [1.54, 1.807) is 0 Å². The van der Waals surface area contributed by atoms with Crippen LogP contribution in [0.2, 0.25) is 0 Å². The summed E-state index contributed by atoms with van der Waals surface area (Å²) >= 11 is 0. The van der Waals surface area contributed by atoms with E-state index in [9.17, 15) is 31.1 Å². The third kappa shape index (κ3) is 6.20. The fourth-order valence-electron chi connectivity index (χ4n) is 4.04. The number of amides is 2. The Balaban J connectivity index is 1.84. The fourth-order valence-corrected chi connectivity index (χ4v) is 4.04. The molecule has 11 heteroatoms. The van der Waals surface area contributed by atoms with E-state index in [1.807, 2.05) is 30.3 Å². The second kappa shape index (κ2) is 9.83. The maximum absolute atomic E-state index is 13.2. The molecule has 1 aliphatic heterocycles. The van der Waals surface area contributed by atoms with Crippen molar-refractivity contribution >= 4 is 6.03 Å². The van der Waals surface area contributed by atoms with Crippen LogP contribution in [-0.4, -0.2) is 25.2 Å². The SMILES string of the molecule is C[C@@H](OCC1(c2ccccc2)CC[C@H](NC(N)=O)CN1)c1cc(C(F)(F)F)cc(C(F)(F)F)c1. The molecular formula is C23H25F6N3O2. The number of benzene rings is 2. The van der Waals surface area contributed by atoms with Crippen LogP contribution in [0.3, 0.4) is 0 Å². The number of ether oxygens (including phenoxy) is 1. The monoisotopic (exact) mass is 489 g/mol. The van der Waals surface area contributed by atoms with Crippen LogP contribution in [0, 0.1) is 0 Å². The van der Waals surface area contributed by atoms with Crippen molar-refractivity contribution in [1.82, 2.24) is 10.6 Å². The third-order valence-corrected chi connectivity index (χ3v) is 5.94. The largest absolute Gasteiger partial charge is 0.416 e. The first kappa shape index (κ1) is 25.8. The number of carbonyl (C=O) groups excluding carboxylic acids is 1. The molecule has 0 aliphatic carbocycles. The molecule has 2 aromatic rings. The number of alkyl halides is 6. The molecule has 0 spiro atoms. The zero-order chi connectivity index (χ0) is 25.1. The summed E-state index contributed by atoms with van der Waals surface area (Å²) < 4.78 is 85.2. The molecule has 1 unspecified atom stereocenters. The minimum Gasteiger partial charge on any atom is -0.372 e. The van der Waals surface area contributed by atoms with Gasteiger partial charge in [0.15, 0.2) is 0 Å². The highest BCUT2D eigenvalue weighted by Crippen LogP contribution is 2.39. The van der Waals surface area contributed by atoms with Crippen molar-refractivity contribution in [3.8, 4) is 0 Å². The van der Waals surface area contributed by atoms with Gasteiger partial charge in [-0.15, -0.1) is 0 Å². The van der Waals surface area contributed by atoms with Gasteiger partial charge in [-0.1, -0.05) is 30.3 Å². The Hall–Kier alpha value is -2.79. The van der Waals surface area contributed by atoms with Crippen LogP contribution in [0.25, 0.3) is 0 Å². The summed E-state index contributed by atoms with van der Waals surface area (Å²) in [5.41, 5.74) is 2.28. The quantitative estimate of drug-likeness (QED) is 0.493. The van der Waals surface area contributed by atoms with Crippen LogP contribution in [0.5, 0.6) is 0 Å². The average molecular weight is 489 g/mol. The zero-order valence-corrected chi connectivity index (χ0v) is 18.3. The van der Waals surface area contributed by atoms with Gasteiger partial charge in [0, 0.05) is 12.6 Å². The van der Waals surface area contributed by atoms with E-state index in [0.717, 1.165) is 5.56 Å². The molecule has 3 atom stereocenters. The lowest BCUT2D eigenvalue weighted by Crippen LogP contribution is -2.57. The van der Waals surface area contributed by atoms with E-state index in [4.69, 9.17) is 10.5 Å². The van der Waals surface area contributed by atoms with Crippen molar-refractivity contribution in [2.24, 2.45) is 5.73 Å². The van der Waals surface area contributed by atoms with Crippen LogP contribution >= 0.6 is 0 Å². The van der Waals surface area contributed by atoms with E-state index in [-0.39, 0.29) is 24.3 Å². The molecule has 2 aromatic carbocycles. The summed E-state index contributed by atoms with van der Waals surface area (Å²) in [6.07, 6.45) is -9.88. The smallest absolute Gasteiger partial charge is 0.372 e. The van der Waals surface area contributed by atoms with Gasteiger partial charge in [-0.25, -0.2) is 4.79 Å². The topological polar surface area (TPSA) is 76.4 Å². The van der Waals surface area contributed by atoms with Gasteiger partial charge in [0.05, 0.1) is 29.4 Å². The van der Waals surface area contributed by atoms with Crippen molar-refractivity contribution in [1.29, 1.82) is 0 Å². The van der Waals surface area contributed by atoms with Crippen molar-refractivity contribution < 1.29 is 35.9 Å². The van der Waals surface area contributed by atoms with Crippen LogP contribution < -0.4 is 16.4 Å². The molecule has 0 aromatic heterocycles. The van der Waals surface area contributed by atoms with E-state index < -0.39 is 41.2 Å². The maximum Gasteiger partial charge on any atom is 0.416 e. The minimum atomic E-state index is -4.94. The van der Waals surface area contributed by atoms with Crippen LogP contribution in [-0.2, 0) is 22.6 Å². The Morgan fingerprint density at radius 3 is 2.18 bits per heavy atom. The number of piperidine rings is 1. The van der Waals surface area contributed by atoms with E-state index in [0.29, 0.717) is 31.5 Å². The summed E-state index contributed by atoms with van der Waals surface area (Å²) in [7, 11) is 0. The van der Waals surface area contributed by atoms with E-state index in [2.05, 4.69) is 10.6 Å². The van der Waals surface area contributed by atoms with Crippen LogP contribution in [0.4, 0.5) is 31.1 Å². The number of primary amides is 1. The molecule has 5 nitrogen and oxygen atoms in total. The molecule has 1 aliphatic rings. The van der Waals surface area contributed by atoms with E-state index >= 15 is 0 Å². The third-order valence-electron chi connectivity index (χ3n) is 5.94. The lowest BCUT2D eigenvalue weighted by atomic mass is 9.81. The van der Waals surface area contributed by atoms with Crippen molar-refractivity contribution in [3.05, 3.63) is 70.8 Å². The highest BCUT2D eigenvalue weighted by Gasteiger charge is 2.39. The van der Waals surface area contributed by atoms with Gasteiger partial charge in [0.2, 0.25) is 0 Å². The molecular weight excluding hydrogens is 464 g/mol. The predicted molar refractivity (Wildman–Crippen MR) is 113 cm³/mol. The molecule has 2 amide bonds. The van der Waals surface area contributed by atoms with Crippen LogP contribution in [0.1, 0.15) is 48.1 Å². The van der Waals surface area contributed by atoms with Crippen LogP contribution in [0.15, 0.2) is 48.5 Å². The van der Waals surface area contributed by atoms with Crippen molar-refractivity contribution in [2.45, 2.75) is 49.8 Å². The number of hydrogen-bond acceptors (Lipinski definition) is 3. The van der Waals surface area contributed by atoms with Gasteiger partial charge in [0.25, 0.3) is 0 Å². The number of urea groups is 1. The van der Waals surface area contributed by atoms with Crippen molar-refractivity contribution in [2.75, 3.05) is 13.2 Å². The Bertz CT molecular complexity index is 954. The highest BCUT2D eigenvalue weighted by molar-refractivity contribution is 5.72. The van der Waals surface area contributed by atoms with Gasteiger partial charge in [0.1, 0.15) is 0 Å².